The molecule has 1 atom stereocenters. The topological polar surface area (TPSA) is 21.3 Å². The lowest BCUT2D eigenvalue weighted by molar-refractivity contribution is 0.195. The van der Waals surface area contributed by atoms with E-state index in [0.717, 1.165) is 18.7 Å². The first-order valence-corrected chi connectivity index (χ1v) is 7.49. The minimum absolute atomic E-state index is 0.0914. The van der Waals surface area contributed by atoms with Gasteiger partial charge >= 0.3 is 0 Å². The zero-order valence-electron chi connectivity index (χ0n) is 11.0. The van der Waals surface area contributed by atoms with Crippen molar-refractivity contribution in [3.63, 3.8) is 0 Å². The first-order chi connectivity index (χ1) is 9.29. The molecule has 0 amide bonds. The third kappa shape index (κ3) is 4.51. The second-order valence-corrected chi connectivity index (χ2v) is 5.61. The summed E-state index contributed by atoms with van der Waals surface area (Å²) in [5.74, 6) is 0.922. The molecule has 2 aromatic rings. The van der Waals surface area contributed by atoms with Crippen LogP contribution in [0.5, 0.6) is 5.75 Å². The molecule has 3 heteroatoms. The summed E-state index contributed by atoms with van der Waals surface area (Å²) in [5.41, 5.74) is 1.22. The lowest BCUT2D eigenvalue weighted by Gasteiger charge is -2.19. The fourth-order valence-corrected chi connectivity index (χ4v) is 2.27. The van der Waals surface area contributed by atoms with Gasteiger partial charge in [-0.2, -0.15) is 0 Å². The summed E-state index contributed by atoms with van der Waals surface area (Å²) in [6.07, 6.45) is 1.04. The van der Waals surface area contributed by atoms with Crippen molar-refractivity contribution in [3.05, 3.63) is 63.7 Å². The Morgan fingerprint density at radius 1 is 1.05 bits per heavy atom. The molecule has 100 valence electrons. The molecule has 0 aromatic heterocycles. The highest BCUT2D eigenvalue weighted by Crippen LogP contribution is 2.25. The normalized spacial score (nSPS) is 12.1. The largest absolute Gasteiger partial charge is 0.486 e. The molecule has 2 nitrogen and oxygen atoms in total. The van der Waals surface area contributed by atoms with Crippen LogP contribution >= 0.6 is 22.6 Å². The van der Waals surface area contributed by atoms with Crippen LogP contribution in [0.15, 0.2) is 54.6 Å². The lowest BCUT2D eigenvalue weighted by Crippen LogP contribution is -2.16. The Morgan fingerprint density at radius 3 is 2.37 bits per heavy atom. The first-order valence-electron chi connectivity index (χ1n) is 6.41. The summed E-state index contributed by atoms with van der Waals surface area (Å²) in [5, 5.41) is 3.18. The van der Waals surface area contributed by atoms with E-state index in [1.54, 1.807) is 0 Å². The zero-order valence-corrected chi connectivity index (χ0v) is 13.1. The molecular formula is C16H18INO. The Labute approximate surface area is 128 Å². The minimum Gasteiger partial charge on any atom is -0.486 e. The second-order valence-electron chi connectivity index (χ2n) is 4.36. The van der Waals surface area contributed by atoms with Gasteiger partial charge in [0.15, 0.2) is 0 Å². The van der Waals surface area contributed by atoms with E-state index in [1.807, 2.05) is 25.2 Å². The van der Waals surface area contributed by atoms with E-state index in [1.165, 1.54) is 9.13 Å². The zero-order chi connectivity index (χ0) is 13.5. The van der Waals surface area contributed by atoms with Crippen molar-refractivity contribution in [2.75, 3.05) is 13.6 Å². The molecule has 1 N–H and O–H groups in total. The predicted molar refractivity (Wildman–Crippen MR) is 87.5 cm³/mol. The number of nitrogens with one attached hydrogen (secondary N) is 1. The molecule has 0 unspecified atom stereocenters. The quantitative estimate of drug-likeness (QED) is 0.779. The lowest BCUT2D eigenvalue weighted by atomic mass is 10.1. The number of hydrogen-bond donors (Lipinski definition) is 1. The van der Waals surface area contributed by atoms with Crippen LogP contribution in [0.25, 0.3) is 0 Å². The molecular weight excluding hydrogens is 349 g/mol. The van der Waals surface area contributed by atoms with E-state index >= 15 is 0 Å². The van der Waals surface area contributed by atoms with Crippen molar-refractivity contribution in [2.45, 2.75) is 12.5 Å². The third-order valence-corrected chi connectivity index (χ3v) is 3.64. The first kappa shape index (κ1) is 14.3. The fraction of sp³-hybridized carbons (Fsp3) is 0.250. The summed E-state index contributed by atoms with van der Waals surface area (Å²) in [4.78, 5) is 0. The molecule has 0 aliphatic heterocycles. The molecule has 0 bridgehead atoms. The van der Waals surface area contributed by atoms with Crippen molar-refractivity contribution < 1.29 is 4.74 Å². The molecule has 2 rings (SSSR count). The van der Waals surface area contributed by atoms with Crippen molar-refractivity contribution >= 4 is 22.6 Å². The van der Waals surface area contributed by atoms with Crippen LogP contribution in [0.4, 0.5) is 0 Å². The maximum Gasteiger partial charge on any atom is 0.125 e. The molecule has 0 saturated heterocycles. The monoisotopic (exact) mass is 367 g/mol. The van der Waals surface area contributed by atoms with Gasteiger partial charge in [0.1, 0.15) is 11.9 Å². The Balaban J connectivity index is 2.11. The molecule has 0 fully saturated rings. The van der Waals surface area contributed by atoms with Crippen LogP contribution < -0.4 is 10.1 Å². The van der Waals surface area contributed by atoms with Gasteiger partial charge in [0, 0.05) is 9.99 Å². The van der Waals surface area contributed by atoms with Gasteiger partial charge in [-0.05, 0) is 66.0 Å². The highest BCUT2D eigenvalue weighted by Gasteiger charge is 2.12. The van der Waals surface area contributed by atoms with Crippen LogP contribution in [-0.4, -0.2) is 13.6 Å². The van der Waals surface area contributed by atoms with Crippen LogP contribution in [0.2, 0.25) is 0 Å². The van der Waals surface area contributed by atoms with Gasteiger partial charge < -0.3 is 10.1 Å². The van der Waals surface area contributed by atoms with Gasteiger partial charge in [-0.15, -0.1) is 0 Å². The van der Waals surface area contributed by atoms with Crippen LogP contribution in [0, 0.1) is 3.57 Å². The summed E-state index contributed by atoms with van der Waals surface area (Å²) in [6.45, 7) is 0.934. The van der Waals surface area contributed by atoms with Crippen molar-refractivity contribution in [1.82, 2.24) is 5.32 Å². The van der Waals surface area contributed by atoms with Crippen molar-refractivity contribution in [3.8, 4) is 5.75 Å². The Kier molecular flexibility index (Phi) is 5.66. The van der Waals surface area contributed by atoms with Crippen molar-refractivity contribution in [2.24, 2.45) is 0 Å². The maximum atomic E-state index is 6.11. The summed E-state index contributed by atoms with van der Waals surface area (Å²) in [7, 11) is 1.97. The Morgan fingerprint density at radius 2 is 1.74 bits per heavy atom. The average molecular weight is 367 g/mol. The molecule has 0 aliphatic rings. The van der Waals surface area contributed by atoms with Gasteiger partial charge in [0.2, 0.25) is 0 Å². The number of ether oxygens (including phenoxy) is 1. The van der Waals surface area contributed by atoms with E-state index in [0.29, 0.717) is 0 Å². The van der Waals surface area contributed by atoms with Gasteiger partial charge in [0.05, 0.1) is 0 Å². The summed E-state index contributed by atoms with van der Waals surface area (Å²) < 4.78 is 7.33. The summed E-state index contributed by atoms with van der Waals surface area (Å²) in [6, 6.07) is 18.6. The van der Waals surface area contributed by atoms with E-state index in [9.17, 15) is 0 Å². The number of rotatable bonds is 6. The van der Waals surface area contributed by atoms with E-state index in [2.05, 4.69) is 64.3 Å². The molecule has 0 aliphatic carbocycles. The third-order valence-electron chi connectivity index (χ3n) is 2.92. The van der Waals surface area contributed by atoms with E-state index in [4.69, 9.17) is 4.74 Å². The number of halogens is 1. The SMILES string of the molecule is CNCC[C@H](Oc1ccc(I)cc1)c1ccccc1. The van der Waals surface area contributed by atoms with Gasteiger partial charge in [0.25, 0.3) is 0 Å². The molecule has 0 heterocycles. The van der Waals surface area contributed by atoms with Crippen molar-refractivity contribution in [1.29, 1.82) is 0 Å². The standard InChI is InChI=1S/C16H18INO/c1-18-12-11-16(13-5-3-2-4-6-13)19-15-9-7-14(17)8-10-15/h2-10,16,18H,11-12H2,1H3/t16-/m0/s1. The average Bonchev–Trinajstić information content (AvgIpc) is 2.46. The highest BCUT2D eigenvalue weighted by atomic mass is 127. The van der Waals surface area contributed by atoms with Gasteiger partial charge in [-0.25, -0.2) is 0 Å². The van der Waals surface area contributed by atoms with Gasteiger partial charge in [-0.1, -0.05) is 30.3 Å². The smallest absolute Gasteiger partial charge is 0.125 e. The Hall–Kier alpha value is -1.07. The predicted octanol–water partition coefficient (Wildman–Crippen LogP) is 4.02. The summed E-state index contributed by atoms with van der Waals surface area (Å²) >= 11 is 2.30. The highest BCUT2D eigenvalue weighted by molar-refractivity contribution is 14.1. The molecule has 2 aromatic carbocycles. The fourth-order valence-electron chi connectivity index (χ4n) is 1.91. The molecule has 0 saturated carbocycles. The molecule has 19 heavy (non-hydrogen) atoms. The minimum atomic E-state index is 0.0914. The van der Waals surface area contributed by atoms with Gasteiger partial charge in [-0.3, -0.25) is 0 Å². The number of benzene rings is 2. The second kappa shape index (κ2) is 7.50. The molecule has 0 radical (unpaired) electrons. The van der Waals surface area contributed by atoms with E-state index < -0.39 is 0 Å². The van der Waals surface area contributed by atoms with Crippen LogP contribution in [0.1, 0.15) is 18.1 Å². The Bertz CT molecular complexity index is 484. The molecule has 0 spiro atoms. The number of hydrogen-bond acceptors (Lipinski definition) is 2. The van der Waals surface area contributed by atoms with E-state index in [-0.39, 0.29) is 6.10 Å². The van der Waals surface area contributed by atoms with Crippen LogP contribution in [-0.2, 0) is 0 Å². The maximum absolute atomic E-state index is 6.11. The van der Waals surface area contributed by atoms with Crippen LogP contribution in [0.3, 0.4) is 0 Å².